The molecular weight excluding hydrogens is 458 g/mol. The van der Waals surface area contributed by atoms with Gasteiger partial charge >= 0.3 is 0 Å². The first kappa shape index (κ1) is 23.0. The van der Waals surface area contributed by atoms with Gasteiger partial charge in [0.05, 0.1) is 16.7 Å². The number of likely N-dealkylation sites (tertiary alicyclic amines) is 1. The highest BCUT2D eigenvalue weighted by Crippen LogP contribution is 2.27. The zero-order valence-corrected chi connectivity index (χ0v) is 19.7. The van der Waals surface area contributed by atoms with Crippen LogP contribution in [0.2, 0.25) is 5.02 Å². The van der Waals surface area contributed by atoms with Crippen molar-refractivity contribution in [2.45, 2.75) is 50.9 Å². The molecule has 34 heavy (non-hydrogen) atoms. The lowest BCUT2D eigenvalue weighted by Gasteiger charge is -2.31. The van der Waals surface area contributed by atoms with Crippen LogP contribution in [0.15, 0.2) is 28.9 Å². The van der Waals surface area contributed by atoms with Gasteiger partial charge in [0.1, 0.15) is 0 Å². The zero-order chi connectivity index (χ0) is 23.5. The molecule has 2 aromatic heterocycles. The minimum atomic E-state index is -0.211. The van der Waals surface area contributed by atoms with E-state index in [9.17, 15) is 9.59 Å². The molecule has 1 aromatic carbocycles. The number of carbonyl (C=O) groups is 2. The maximum atomic E-state index is 12.7. The number of hydrogen-bond acceptors (Lipinski definition) is 7. The number of halogens is 1. The second-order valence-corrected chi connectivity index (χ2v) is 9.49. The Morgan fingerprint density at radius 2 is 1.82 bits per heavy atom. The number of carbonyl (C=O) groups excluding carboxylic acids is 2. The summed E-state index contributed by atoms with van der Waals surface area (Å²) in [5, 5.41) is 9.62. The van der Waals surface area contributed by atoms with Crippen LogP contribution in [-0.2, 0) is 16.0 Å². The van der Waals surface area contributed by atoms with Crippen LogP contribution in [0.25, 0.3) is 10.9 Å². The van der Waals surface area contributed by atoms with E-state index in [1.54, 1.807) is 24.4 Å². The van der Waals surface area contributed by atoms with Crippen molar-refractivity contribution in [3.05, 3.63) is 41.1 Å². The SMILES string of the molecule is O=C(CCC(=O)n1ncc2c(Cl)cccc21)N1CCC(Cc2nc(C3CCOCC3)no2)CC1. The summed E-state index contributed by atoms with van der Waals surface area (Å²) < 4.78 is 12.2. The summed E-state index contributed by atoms with van der Waals surface area (Å²) in [6.45, 7) is 2.86. The molecule has 0 unspecified atom stereocenters. The van der Waals surface area contributed by atoms with E-state index in [2.05, 4.69) is 15.2 Å². The molecule has 0 saturated carbocycles. The van der Waals surface area contributed by atoms with E-state index in [1.807, 2.05) is 4.90 Å². The molecule has 180 valence electrons. The van der Waals surface area contributed by atoms with Gasteiger partial charge in [-0.05, 0) is 43.7 Å². The second kappa shape index (κ2) is 10.2. The van der Waals surface area contributed by atoms with Crippen LogP contribution in [0.4, 0.5) is 0 Å². The van der Waals surface area contributed by atoms with Gasteiger partial charge < -0.3 is 14.2 Å². The number of rotatable bonds is 6. The first-order valence-electron chi connectivity index (χ1n) is 11.9. The molecule has 1 amide bonds. The lowest BCUT2D eigenvalue weighted by molar-refractivity contribution is -0.132. The fourth-order valence-electron chi connectivity index (χ4n) is 4.80. The highest BCUT2D eigenvalue weighted by molar-refractivity contribution is 6.35. The maximum Gasteiger partial charge on any atom is 0.247 e. The van der Waals surface area contributed by atoms with E-state index in [0.29, 0.717) is 41.4 Å². The summed E-state index contributed by atoms with van der Waals surface area (Å²) in [6.07, 6.45) is 6.25. The molecule has 0 bridgehead atoms. The largest absolute Gasteiger partial charge is 0.381 e. The molecule has 2 fully saturated rings. The first-order chi connectivity index (χ1) is 16.6. The van der Waals surface area contributed by atoms with E-state index in [4.69, 9.17) is 20.9 Å². The van der Waals surface area contributed by atoms with Crippen molar-refractivity contribution in [2.24, 2.45) is 5.92 Å². The third-order valence-corrected chi connectivity index (χ3v) is 7.18. The molecule has 0 spiro atoms. The number of ether oxygens (including phenoxy) is 1. The minimum absolute atomic E-state index is 0.000822. The van der Waals surface area contributed by atoms with Gasteiger partial charge in [0.2, 0.25) is 17.7 Å². The average molecular weight is 486 g/mol. The van der Waals surface area contributed by atoms with E-state index in [0.717, 1.165) is 56.5 Å². The normalized spacial score (nSPS) is 18.0. The Morgan fingerprint density at radius 3 is 2.62 bits per heavy atom. The number of benzene rings is 1. The van der Waals surface area contributed by atoms with Crippen molar-refractivity contribution in [1.82, 2.24) is 24.8 Å². The van der Waals surface area contributed by atoms with Gasteiger partial charge in [0.25, 0.3) is 0 Å². The number of nitrogens with zero attached hydrogens (tertiary/aromatic N) is 5. The van der Waals surface area contributed by atoms with E-state index >= 15 is 0 Å². The molecule has 0 N–H and O–H groups in total. The predicted molar refractivity (Wildman–Crippen MR) is 125 cm³/mol. The molecule has 3 aromatic rings. The zero-order valence-electron chi connectivity index (χ0n) is 19.0. The topological polar surface area (TPSA) is 103 Å². The highest BCUT2D eigenvalue weighted by atomic mass is 35.5. The molecule has 10 heteroatoms. The molecule has 2 aliphatic heterocycles. The highest BCUT2D eigenvalue weighted by Gasteiger charge is 2.26. The fraction of sp³-hybridized carbons (Fsp3) is 0.542. The third-order valence-electron chi connectivity index (χ3n) is 6.85. The summed E-state index contributed by atoms with van der Waals surface area (Å²) in [6, 6.07) is 5.34. The summed E-state index contributed by atoms with van der Waals surface area (Å²) in [7, 11) is 0. The summed E-state index contributed by atoms with van der Waals surface area (Å²) >= 11 is 6.16. The van der Waals surface area contributed by atoms with Gasteiger partial charge in [-0.25, -0.2) is 4.68 Å². The number of amides is 1. The Kier molecular flexibility index (Phi) is 6.92. The molecule has 0 atom stereocenters. The minimum Gasteiger partial charge on any atom is -0.381 e. The quantitative estimate of drug-likeness (QED) is 0.522. The molecule has 2 aliphatic rings. The first-order valence-corrected chi connectivity index (χ1v) is 12.3. The van der Waals surface area contributed by atoms with Crippen molar-refractivity contribution < 1.29 is 18.8 Å². The average Bonchev–Trinajstić information content (AvgIpc) is 3.52. The fourth-order valence-corrected chi connectivity index (χ4v) is 5.02. The van der Waals surface area contributed by atoms with Gasteiger partial charge in [-0.3, -0.25) is 9.59 Å². The van der Waals surface area contributed by atoms with Crippen LogP contribution in [0.3, 0.4) is 0 Å². The number of fused-ring (bicyclic) bond motifs is 1. The number of aromatic nitrogens is 4. The Bertz CT molecular complexity index is 1160. The van der Waals surface area contributed by atoms with Gasteiger partial charge in [0.15, 0.2) is 5.82 Å². The molecule has 4 heterocycles. The standard InChI is InChI=1S/C24H28ClN5O4/c25-19-2-1-3-20-18(19)15-26-30(20)23(32)5-4-22(31)29-10-6-16(7-11-29)14-21-27-24(28-34-21)17-8-12-33-13-9-17/h1-3,15-17H,4-14H2. The molecule has 0 radical (unpaired) electrons. The lowest BCUT2D eigenvalue weighted by Crippen LogP contribution is -2.39. The van der Waals surface area contributed by atoms with E-state index in [1.165, 1.54) is 4.68 Å². The second-order valence-electron chi connectivity index (χ2n) is 9.08. The van der Waals surface area contributed by atoms with E-state index in [-0.39, 0.29) is 24.7 Å². The van der Waals surface area contributed by atoms with Crippen molar-refractivity contribution >= 4 is 34.3 Å². The number of hydrogen-bond donors (Lipinski definition) is 0. The maximum absolute atomic E-state index is 12.7. The molecular formula is C24H28ClN5O4. The number of piperidine rings is 1. The Morgan fingerprint density at radius 1 is 1.06 bits per heavy atom. The molecule has 9 nitrogen and oxygen atoms in total. The van der Waals surface area contributed by atoms with Gasteiger partial charge in [-0.15, -0.1) is 0 Å². The molecule has 0 aliphatic carbocycles. The van der Waals surface area contributed by atoms with E-state index < -0.39 is 0 Å². The van der Waals surface area contributed by atoms with Crippen LogP contribution in [0, 0.1) is 5.92 Å². The summed E-state index contributed by atoms with van der Waals surface area (Å²) in [5.41, 5.74) is 0.659. The third kappa shape index (κ3) is 5.00. The van der Waals surface area contributed by atoms with Crippen LogP contribution < -0.4 is 0 Å². The van der Waals surface area contributed by atoms with Crippen molar-refractivity contribution in [3.8, 4) is 0 Å². The van der Waals surface area contributed by atoms with Crippen LogP contribution in [0.1, 0.15) is 61.0 Å². The summed E-state index contributed by atoms with van der Waals surface area (Å²) in [4.78, 5) is 31.8. The molecule has 2 saturated heterocycles. The van der Waals surface area contributed by atoms with Gasteiger partial charge in [-0.1, -0.05) is 22.8 Å². The monoisotopic (exact) mass is 485 g/mol. The van der Waals surface area contributed by atoms with Gasteiger partial charge in [0, 0.05) is 56.9 Å². The Hall–Kier alpha value is -2.78. The van der Waals surface area contributed by atoms with Gasteiger partial charge in [-0.2, -0.15) is 10.1 Å². The smallest absolute Gasteiger partial charge is 0.247 e. The van der Waals surface area contributed by atoms with Crippen molar-refractivity contribution in [3.63, 3.8) is 0 Å². The van der Waals surface area contributed by atoms with Crippen LogP contribution >= 0.6 is 11.6 Å². The van der Waals surface area contributed by atoms with Crippen LogP contribution in [0.5, 0.6) is 0 Å². The Balaban J connectivity index is 1.08. The molecule has 5 rings (SSSR count). The van der Waals surface area contributed by atoms with Crippen LogP contribution in [-0.4, -0.2) is 62.9 Å². The Labute approximate surface area is 202 Å². The summed E-state index contributed by atoms with van der Waals surface area (Å²) in [5.74, 6) is 2.00. The van der Waals surface area contributed by atoms with Crippen molar-refractivity contribution in [1.29, 1.82) is 0 Å². The van der Waals surface area contributed by atoms with Crippen molar-refractivity contribution in [2.75, 3.05) is 26.3 Å². The lowest BCUT2D eigenvalue weighted by atomic mass is 9.93. The predicted octanol–water partition coefficient (Wildman–Crippen LogP) is 3.87.